The fourth-order valence-electron chi connectivity index (χ4n) is 2.46. The molecule has 0 aromatic carbocycles. The van der Waals surface area contributed by atoms with Gasteiger partial charge in [0, 0.05) is 23.6 Å². The van der Waals surface area contributed by atoms with Crippen molar-refractivity contribution in [2.75, 3.05) is 18.8 Å². The normalized spacial score (nSPS) is 17.9. The fraction of sp³-hybridized carbons (Fsp3) is 0.714. The maximum Gasteiger partial charge on any atom is 0.230 e. The third-order valence-electron chi connectivity index (χ3n) is 3.85. The van der Waals surface area contributed by atoms with Crippen molar-refractivity contribution in [2.24, 2.45) is 7.05 Å². The maximum absolute atomic E-state index is 12.0. The Hall–Kier alpha value is -1.01. The van der Waals surface area contributed by atoms with Gasteiger partial charge in [-0.05, 0) is 39.8 Å². The second-order valence-electron chi connectivity index (χ2n) is 5.36. The van der Waals surface area contributed by atoms with Crippen LogP contribution in [0.15, 0.2) is 6.20 Å². The molecule has 0 saturated carbocycles. The van der Waals surface area contributed by atoms with E-state index >= 15 is 0 Å². The van der Waals surface area contributed by atoms with Crippen molar-refractivity contribution in [3.05, 3.63) is 17.5 Å². The molecule has 6 heteroatoms. The van der Waals surface area contributed by atoms with Gasteiger partial charge in [-0.2, -0.15) is 5.10 Å². The molecule has 1 unspecified atom stereocenters. The number of hydrogen-bond donors (Lipinski definition) is 2. The highest BCUT2D eigenvalue weighted by atomic mass is 32.2. The van der Waals surface area contributed by atoms with E-state index in [1.165, 1.54) is 0 Å². The van der Waals surface area contributed by atoms with Gasteiger partial charge in [-0.15, -0.1) is 11.8 Å². The van der Waals surface area contributed by atoms with Crippen LogP contribution in [0.5, 0.6) is 0 Å². The second kappa shape index (κ2) is 7.13. The Kier molecular flexibility index (Phi) is 5.48. The van der Waals surface area contributed by atoms with Gasteiger partial charge < -0.3 is 10.6 Å². The van der Waals surface area contributed by atoms with Crippen LogP contribution in [-0.2, 0) is 11.8 Å². The SMILES string of the molecule is Cc1c(C(C)NC(=O)CSC2CCNCC2)cnn1C. The predicted molar refractivity (Wildman–Crippen MR) is 82.9 cm³/mol. The van der Waals surface area contributed by atoms with Crippen LogP contribution in [0, 0.1) is 6.92 Å². The van der Waals surface area contributed by atoms with E-state index in [0.717, 1.165) is 37.2 Å². The largest absolute Gasteiger partial charge is 0.349 e. The van der Waals surface area contributed by atoms with E-state index in [2.05, 4.69) is 15.7 Å². The zero-order chi connectivity index (χ0) is 14.5. The standard InChI is InChI=1S/C14H24N4OS/c1-10(13-8-16-18(3)11(13)2)17-14(19)9-20-12-4-6-15-7-5-12/h8,10,12,15H,4-7,9H2,1-3H3,(H,17,19). The lowest BCUT2D eigenvalue weighted by Gasteiger charge is -2.22. The van der Waals surface area contributed by atoms with E-state index in [9.17, 15) is 4.79 Å². The second-order valence-corrected chi connectivity index (χ2v) is 6.65. The number of amides is 1. The summed E-state index contributed by atoms with van der Waals surface area (Å²) in [6.07, 6.45) is 4.16. The Labute approximate surface area is 124 Å². The monoisotopic (exact) mass is 296 g/mol. The van der Waals surface area contributed by atoms with Crippen LogP contribution in [0.25, 0.3) is 0 Å². The van der Waals surface area contributed by atoms with Crippen molar-refractivity contribution >= 4 is 17.7 Å². The maximum atomic E-state index is 12.0. The Bertz CT molecular complexity index is 454. The Morgan fingerprint density at radius 3 is 2.90 bits per heavy atom. The smallest absolute Gasteiger partial charge is 0.230 e. The number of aryl methyl sites for hydroxylation is 1. The van der Waals surface area contributed by atoms with Gasteiger partial charge in [0.1, 0.15) is 0 Å². The first-order valence-electron chi connectivity index (χ1n) is 7.18. The van der Waals surface area contributed by atoms with Crippen molar-refractivity contribution in [2.45, 2.75) is 38.0 Å². The fourth-order valence-corrected chi connectivity index (χ4v) is 3.50. The summed E-state index contributed by atoms with van der Waals surface area (Å²) in [4.78, 5) is 12.0. The number of carbonyl (C=O) groups excluding carboxylic acids is 1. The summed E-state index contributed by atoms with van der Waals surface area (Å²) in [6.45, 7) is 6.18. The van der Waals surface area contributed by atoms with E-state index in [0.29, 0.717) is 11.0 Å². The zero-order valence-corrected chi connectivity index (χ0v) is 13.3. The summed E-state index contributed by atoms with van der Waals surface area (Å²) in [5.74, 6) is 0.665. The number of nitrogens with zero attached hydrogens (tertiary/aromatic N) is 2. The van der Waals surface area contributed by atoms with Gasteiger partial charge in [-0.3, -0.25) is 9.48 Å². The van der Waals surface area contributed by atoms with E-state index in [1.54, 1.807) is 11.8 Å². The van der Waals surface area contributed by atoms with Gasteiger partial charge in [0.15, 0.2) is 0 Å². The molecule has 1 atom stereocenters. The number of piperidine rings is 1. The molecule has 2 N–H and O–H groups in total. The average molecular weight is 296 g/mol. The third-order valence-corrected chi connectivity index (χ3v) is 5.23. The minimum Gasteiger partial charge on any atom is -0.349 e. The Morgan fingerprint density at radius 1 is 1.60 bits per heavy atom. The van der Waals surface area contributed by atoms with Crippen molar-refractivity contribution in [1.82, 2.24) is 20.4 Å². The molecule has 0 spiro atoms. The van der Waals surface area contributed by atoms with Crippen LogP contribution in [0.4, 0.5) is 0 Å². The summed E-state index contributed by atoms with van der Waals surface area (Å²) >= 11 is 1.78. The summed E-state index contributed by atoms with van der Waals surface area (Å²) < 4.78 is 1.84. The molecule has 1 aliphatic heterocycles. The van der Waals surface area contributed by atoms with Gasteiger partial charge in [-0.1, -0.05) is 0 Å². The molecule has 0 aliphatic carbocycles. The molecule has 20 heavy (non-hydrogen) atoms. The molecule has 1 aromatic rings. The lowest BCUT2D eigenvalue weighted by atomic mass is 10.1. The van der Waals surface area contributed by atoms with Crippen LogP contribution < -0.4 is 10.6 Å². The molecule has 2 heterocycles. The van der Waals surface area contributed by atoms with Gasteiger partial charge in [0.2, 0.25) is 5.91 Å². The first kappa shape index (κ1) is 15.4. The first-order valence-corrected chi connectivity index (χ1v) is 8.23. The van der Waals surface area contributed by atoms with Gasteiger partial charge in [-0.25, -0.2) is 0 Å². The first-order chi connectivity index (χ1) is 9.58. The Balaban J connectivity index is 1.77. The highest BCUT2D eigenvalue weighted by molar-refractivity contribution is 8.00. The van der Waals surface area contributed by atoms with Crippen LogP contribution in [0.3, 0.4) is 0 Å². The van der Waals surface area contributed by atoms with Crippen molar-refractivity contribution in [3.63, 3.8) is 0 Å². The van der Waals surface area contributed by atoms with Crippen LogP contribution >= 0.6 is 11.8 Å². The quantitative estimate of drug-likeness (QED) is 0.862. The number of nitrogens with one attached hydrogen (secondary N) is 2. The molecule has 0 radical (unpaired) electrons. The molecule has 1 aliphatic rings. The summed E-state index contributed by atoms with van der Waals surface area (Å²) in [5.41, 5.74) is 2.19. The molecule has 1 amide bonds. The molecule has 1 fully saturated rings. The number of thioether (sulfide) groups is 1. The number of rotatable bonds is 5. The van der Waals surface area contributed by atoms with E-state index in [-0.39, 0.29) is 11.9 Å². The molecular formula is C14H24N4OS. The van der Waals surface area contributed by atoms with E-state index in [4.69, 9.17) is 0 Å². The molecule has 1 aromatic heterocycles. The summed E-state index contributed by atoms with van der Waals surface area (Å²) in [7, 11) is 1.92. The average Bonchev–Trinajstić information content (AvgIpc) is 2.78. The lowest BCUT2D eigenvalue weighted by Crippen LogP contribution is -2.32. The molecular weight excluding hydrogens is 272 g/mol. The number of carbonyl (C=O) groups is 1. The minimum absolute atomic E-state index is 0.0184. The summed E-state index contributed by atoms with van der Waals surface area (Å²) in [6, 6.07) is 0.0184. The van der Waals surface area contributed by atoms with Crippen LogP contribution in [0.1, 0.15) is 37.1 Å². The molecule has 112 valence electrons. The minimum atomic E-state index is 0.0184. The summed E-state index contributed by atoms with van der Waals surface area (Å²) in [5, 5.41) is 11.2. The van der Waals surface area contributed by atoms with Crippen LogP contribution in [0.2, 0.25) is 0 Å². The molecule has 2 rings (SSSR count). The van der Waals surface area contributed by atoms with Crippen molar-refractivity contribution in [1.29, 1.82) is 0 Å². The van der Waals surface area contributed by atoms with E-state index in [1.807, 2.05) is 31.8 Å². The topological polar surface area (TPSA) is 59.0 Å². The zero-order valence-electron chi connectivity index (χ0n) is 12.5. The number of aromatic nitrogens is 2. The van der Waals surface area contributed by atoms with Gasteiger partial charge in [0.05, 0.1) is 18.0 Å². The van der Waals surface area contributed by atoms with Crippen molar-refractivity contribution < 1.29 is 4.79 Å². The van der Waals surface area contributed by atoms with Crippen LogP contribution in [-0.4, -0.2) is 39.8 Å². The predicted octanol–water partition coefficient (Wildman–Crippen LogP) is 1.39. The molecule has 0 bridgehead atoms. The molecule has 5 nitrogen and oxygen atoms in total. The Morgan fingerprint density at radius 2 is 2.30 bits per heavy atom. The van der Waals surface area contributed by atoms with Gasteiger partial charge in [0.25, 0.3) is 0 Å². The highest BCUT2D eigenvalue weighted by Crippen LogP contribution is 2.21. The lowest BCUT2D eigenvalue weighted by molar-refractivity contribution is -0.119. The van der Waals surface area contributed by atoms with E-state index < -0.39 is 0 Å². The van der Waals surface area contributed by atoms with Gasteiger partial charge >= 0.3 is 0 Å². The highest BCUT2D eigenvalue weighted by Gasteiger charge is 2.17. The van der Waals surface area contributed by atoms with Crippen molar-refractivity contribution in [3.8, 4) is 0 Å². The number of hydrogen-bond acceptors (Lipinski definition) is 4. The molecule has 1 saturated heterocycles. The third kappa shape index (κ3) is 3.99.